The van der Waals surface area contributed by atoms with Gasteiger partial charge in [-0.3, -0.25) is 0 Å². The molecule has 2 atom stereocenters. The van der Waals surface area contributed by atoms with E-state index in [4.69, 9.17) is 4.74 Å². The number of quaternary nitrogens is 1. The number of hydrogen-bond donors (Lipinski definition) is 1. The maximum Gasteiger partial charge on any atom is 0.228 e. The van der Waals surface area contributed by atoms with Gasteiger partial charge in [-0.2, -0.15) is 0 Å². The zero-order chi connectivity index (χ0) is 14.2. The van der Waals surface area contributed by atoms with Gasteiger partial charge in [-0.15, -0.1) is 0 Å². The van der Waals surface area contributed by atoms with Gasteiger partial charge in [0.15, 0.2) is 5.60 Å². The smallest absolute Gasteiger partial charge is 0.228 e. The van der Waals surface area contributed by atoms with Crippen molar-refractivity contribution in [1.82, 2.24) is 0 Å². The Morgan fingerprint density at radius 1 is 0.800 bits per heavy atom. The molecule has 0 saturated carbocycles. The largest absolute Gasteiger partial charge is 1.00 e. The monoisotopic (exact) mass is 305 g/mol. The van der Waals surface area contributed by atoms with E-state index in [-0.39, 0.29) is 23.7 Å². The van der Waals surface area contributed by atoms with Gasteiger partial charge in [0, 0.05) is 6.42 Å². The lowest BCUT2D eigenvalue weighted by Crippen LogP contribution is -3.00. The molecule has 2 unspecified atom stereocenters. The molecule has 0 bridgehead atoms. The maximum absolute atomic E-state index is 5.81. The van der Waals surface area contributed by atoms with Crippen LogP contribution in [0.25, 0.3) is 0 Å². The van der Waals surface area contributed by atoms with Crippen molar-refractivity contribution >= 4 is 0 Å². The van der Waals surface area contributed by atoms with E-state index < -0.39 is 0 Å². The van der Waals surface area contributed by atoms with Gasteiger partial charge in [-0.25, -0.2) is 0 Å². The minimum absolute atomic E-state index is 0. The van der Waals surface area contributed by atoms with Gasteiger partial charge in [-0.05, 0) is 13.3 Å². The van der Waals surface area contributed by atoms with E-state index >= 15 is 0 Å². The van der Waals surface area contributed by atoms with Crippen LogP contribution in [0.1, 0.15) is 97.8 Å². The Balaban J connectivity index is 0.00000361. The van der Waals surface area contributed by atoms with Crippen molar-refractivity contribution < 1.29 is 22.9 Å². The molecule has 2 nitrogen and oxygen atoms in total. The third-order valence-electron chi connectivity index (χ3n) is 4.92. The summed E-state index contributed by atoms with van der Waals surface area (Å²) in [6, 6.07) is 0. The minimum Gasteiger partial charge on any atom is -1.00 e. The van der Waals surface area contributed by atoms with Crippen LogP contribution < -0.4 is 18.1 Å². The number of unbranched alkanes of at least 4 members (excludes halogenated alkanes) is 9. The lowest BCUT2D eigenvalue weighted by Gasteiger charge is -2.07. The van der Waals surface area contributed by atoms with Crippen molar-refractivity contribution in [1.29, 1.82) is 0 Å². The van der Waals surface area contributed by atoms with Gasteiger partial charge < -0.3 is 22.9 Å². The summed E-state index contributed by atoms with van der Waals surface area (Å²) < 4.78 is 5.81. The first kappa shape index (κ1) is 20.2. The molecule has 1 saturated heterocycles. The fraction of sp³-hybridized carbons (Fsp3) is 1.00. The van der Waals surface area contributed by atoms with Gasteiger partial charge in [0.25, 0.3) is 0 Å². The molecular formula is C17H36ClNO. The van der Waals surface area contributed by atoms with Crippen molar-refractivity contribution in [3.63, 3.8) is 0 Å². The first-order valence-corrected chi connectivity index (χ1v) is 8.63. The summed E-state index contributed by atoms with van der Waals surface area (Å²) in [5.41, 5.74) is 4.22. The van der Waals surface area contributed by atoms with E-state index in [1.165, 1.54) is 70.6 Å². The van der Waals surface area contributed by atoms with E-state index in [9.17, 15) is 0 Å². The molecular weight excluding hydrogens is 270 g/mol. The first-order valence-electron chi connectivity index (χ1n) is 8.63. The molecule has 0 aromatic rings. The van der Waals surface area contributed by atoms with E-state index in [1.807, 2.05) is 0 Å². The van der Waals surface area contributed by atoms with E-state index in [2.05, 4.69) is 26.5 Å². The van der Waals surface area contributed by atoms with Crippen molar-refractivity contribution in [3.05, 3.63) is 0 Å². The molecule has 1 aliphatic heterocycles. The topological polar surface area (TPSA) is 40.2 Å². The molecule has 3 heteroatoms. The van der Waals surface area contributed by atoms with Crippen LogP contribution >= 0.6 is 0 Å². The van der Waals surface area contributed by atoms with Gasteiger partial charge >= 0.3 is 0 Å². The highest BCUT2D eigenvalue weighted by atomic mass is 35.5. The van der Waals surface area contributed by atoms with E-state index in [1.54, 1.807) is 0 Å². The van der Waals surface area contributed by atoms with Crippen LogP contribution in [-0.4, -0.2) is 11.3 Å². The summed E-state index contributed by atoms with van der Waals surface area (Å²) in [6.07, 6.45) is 16.3. The molecule has 20 heavy (non-hydrogen) atoms. The standard InChI is InChI=1S/C17H35NO.ClH/c1-4-6-7-8-9-10-11-12-13-14-15-16(3)17(18,5-2)19-16;/h4-15,18H2,1-3H3;1H. The predicted octanol–water partition coefficient (Wildman–Crippen LogP) is 1.44. The molecule has 1 fully saturated rings. The van der Waals surface area contributed by atoms with Gasteiger partial charge in [-0.1, -0.05) is 78.1 Å². The second kappa shape index (κ2) is 10.0. The van der Waals surface area contributed by atoms with E-state index in [0.717, 1.165) is 6.42 Å². The van der Waals surface area contributed by atoms with Crippen LogP contribution in [0.4, 0.5) is 0 Å². The number of halogens is 1. The second-order valence-electron chi connectivity index (χ2n) is 6.61. The molecule has 1 heterocycles. The highest BCUT2D eigenvalue weighted by Crippen LogP contribution is 2.47. The Bertz CT molecular complexity index is 249. The van der Waals surface area contributed by atoms with Gasteiger partial charge in [0.1, 0.15) is 0 Å². The summed E-state index contributed by atoms with van der Waals surface area (Å²) in [6.45, 7) is 6.69. The normalized spacial score (nSPS) is 28.2. The third kappa shape index (κ3) is 6.32. The molecule has 1 aliphatic rings. The molecule has 0 amide bonds. The van der Waals surface area contributed by atoms with E-state index in [0.29, 0.717) is 0 Å². The second-order valence-corrected chi connectivity index (χ2v) is 6.61. The molecule has 0 aromatic heterocycles. The minimum atomic E-state index is -0.0632. The molecule has 0 aliphatic carbocycles. The van der Waals surface area contributed by atoms with Crippen LogP contribution in [0, 0.1) is 0 Å². The summed E-state index contributed by atoms with van der Waals surface area (Å²) in [5, 5.41) is 0. The molecule has 122 valence electrons. The van der Waals surface area contributed by atoms with Crippen LogP contribution in [0.15, 0.2) is 0 Å². The molecule has 3 N–H and O–H groups in total. The quantitative estimate of drug-likeness (QED) is 0.430. The predicted molar refractivity (Wildman–Crippen MR) is 81.9 cm³/mol. The Kier molecular flexibility index (Phi) is 10.1. The fourth-order valence-electron chi connectivity index (χ4n) is 3.08. The number of hydrogen-bond acceptors (Lipinski definition) is 1. The van der Waals surface area contributed by atoms with Crippen molar-refractivity contribution in [3.8, 4) is 0 Å². The zero-order valence-electron chi connectivity index (χ0n) is 14.0. The first-order chi connectivity index (χ1) is 9.08. The van der Waals surface area contributed by atoms with Crippen molar-refractivity contribution in [2.75, 3.05) is 0 Å². The summed E-state index contributed by atoms with van der Waals surface area (Å²) in [4.78, 5) is 0. The number of ether oxygens (including phenoxy) is 1. The Morgan fingerprint density at radius 3 is 1.65 bits per heavy atom. The van der Waals surface area contributed by atoms with Crippen molar-refractivity contribution in [2.45, 2.75) is 109 Å². The fourth-order valence-corrected chi connectivity index (χ4v) is 3.08. The average Bonchev–Trinajstić information content (AvgIpc) is 2.95. The highest BCUT2D eigenvalue weighted by Gasteiger charge is 2.67. The lowest BCUT2D eigenvalue weighted by molar-refractivity contribution is -0.472. The van der Waals surface area contributed by atoms with Crippen LogP contribution in [0.3, 0.4) is 0 Å². The SMILES string of the molecule is CCCCCCCCCCCCC1(C)OC1([NH3+])CC.[Cl-]. The van der Waals surface area contributed by atoms with Gasteiger partial charge in [0.2, 0.25) is 5.72 Å². The highest BCUT2D eigenvalue weighted by molar-refractivity contribution is 5.03. The molecule has 0 aromatic carbocycles. The summed E-state index contributed by atoms with van der Waals surface area (Å²) in [5.74, 6) is 0. The number of rotatable bonds is 12. The Labute approximate surface area is 132 Å². The van der Waals surface area contributed by atoms with Crippen LogP contribution in [-0.2, 0) is 4.74 Å². The van der Waals surface area contributed by atoms with Crippen molar-refractivity contribution in [2.24, 2.45) is 0 Å². The molecule has 1 rings (SSSR count). The van der Waals surface area contributed by atoms with Gasteiger partial charge in [0.05, 0.1) is 0 Å². The number of epoxide rings is 1. The molecule has 0 spiro atoms. The summed E-state index contributed by atoms with van der Waals surface area (Å²) >= 11 is 0. The average molecular weight is 306 g/mol. The summed E-state index contributed by atoms with van der Waals surface area (Å²) in [7, 11) is 0. The zero-order valence-corrected chi connectivity index (χ0v) is 14.7. The Hall–Kier alpha value is 0.210. The molecule has 0 radical (unpaired) electrons. The Morgan fingerprint density at radius 2 is 1.25 bits per heavy atom. The van der Waals surface area contributed by atoms with Crippen LogP contribution in [0.2, 0.25) is 0 Å². The van der Waals surface area contributed by atoms with Crippen LogP contribution in [0.5, 0.6) is 0 Å². The lowest BCUT2D eigenvalue weighted by atomic mass is 9.94. The third-order valence-corrected chi connectivity index (χ3v) is 4.92. The maximum atomic E-state index is 5.81.